The molecular formula is C17H24BrNOS. The number of nitrogens with one attached hydrogen (secondary N) is 1. The Morgan fingerprint density at radius 3 is 3.00 bits per heavy atom. The summed E-state index contributed by atoms with van der Waals surface area (Å²) in [6, 6.07) is 7.11. The Bertz CT molecular complexity index is 502. The molecule has 2 saturated heterocycles. The molecule has 1 spiro atoms. The average Bonchev–Trinajstić information content (AvgIpc) is 2.90. The monoisotopic (exact) mass is 369 g/mol. The first kappa shape index (κ1) is 15.9. The largest absolute Gasteiger partial charge is 0.374 e. The van der Waals surface area contributed by atoms with Gasteiger partial charge in [-0.3, -0.25) is 0 Å². The summed E-state index contributed by atoms with van der Waals surface area (Å²) in [5, 5.41) is 3.56. The molecule has 4 heteroatoms. The minimum absolute atomic E-state index is 0.153. The quantitative estimate of drug-likeness (QED) is 0.856. The van der Waals surface area contributed by atoms with E-state index in [0.717, 1.165) is 13.0 Å². The van der Waals surface area contributed by atoms with Crippen molar-refractivity contribution in [3.8, 4) is 0 Å². The van der Waals surface area contributed by atoms with E-state index in [9.17, 15) is 0 Å². The van der Waals surface area contributed by atoms with Crippen molar-refractivity contribution in [1.29, 1.82) is 0 Å². The maximum atomic E-state index is 6.18. The molecule has 0 amide bonds. The van der Waals surface area contributed by atoms with Gasteiger partial charge in [0.05, 0.1) is 5.60 Å². The summed E-state index contributed by atoms with van der Waals surface area (Å²) in [4.78, 5) is 0. The van der Waals surface area contributed by atoms with Crippen molar-refractivity contribution in [3.63, 3.8) is 0 Å². The molecule has 2 nitrogen and oxygen atoms in total. The van der Waals surface area contributed by atoms with Crippen LogP contribution in [0.15, 0.2) is 22.7 Å². The van der Waals surface area contributed by atoms with E-state index >= 15 is 0 Å². The molecule has 3 unspecified atom stereocenters. The van der Waals surface area contributed by atoms with Gasteiger partial charge >= 0.3 is 0 Å². The van der Waals surface area contributed by atoms with E-state index in [4.69, 9.17) is 4.74 Å². The molecule has 1 aromatic rings. The van der Waals surface area contributed by atoms with Crippen molar-refractivity contribution < 1.29 is 4.74 Å². The summed E-state index contributed by atoms with van der Waals surface area (Å²) < 4.78 is 7.40. The van der Waals surface area contributed by atoms with Crippen LogP contribution in [0.25, 0.3) is 0 Å². The van der Waals surface area contributed by atoms with Gasteiger partial charge < -0.3 is 10.1 Å². The molecular weight excluding hydrogens is 346 g/mol. The van der Waals surface area contributed by atoms with Crippen molar-refractivity contribution in [2.45, 2.75) is 37.8 Å². The van der Waals surface area contributed by atoms with Crippen molar-refractivity contribution in [3.05, 3.63) is 33.8 Å². The Balaban J connectivity index is 1.82. The minimum Gasteiger partial charge on any atom is -0.374 e. The van der Waals surface area contributed by atoms with Gasteiger partial charge in [-0.15, -0.1) is 0 Å². The van der Waals surface area contributed by atoms with Crippen LogP contribution in [-0.4, -0.2) is 30.8 Å². The van der Waals surface area contributed by atoms with Crippen molar-refractivity contribution >= 4 is 27.7 Å². The van der Waals surface area contributed by atoms with Gasteiger partial charge in [-0.05, 0) is 62.1 Å². The highest BCUT2D eigenvalue weighted by Gasteiger charge is 2.42. The second-order valence-electron chi connectivity index (χ2n) is 6.38. The van der Waals surface area contributed by atoms with E-state index in [0.29, 0.717) is 12.0 Å². The van der Waals surface area contributed by atoms with Crippen molar-refractivity contribution in [2.24, 2.45) is 5.92 Å². The Morgan fingerprint density at radius 2 is 2.33 bits per heavy atom. The van der Waals surface area contributed by atoms with Gasteiger partial charge in [0.2, 0.25) is 0 Å². The lowest BCUT2D eigenvalue weighted by molar-refractivity contribution is -0.0851. The van der Waals surface area contributed by atoms with E-state index in [1.54, 1.807) is 0 Å². The summed E-state index contributed by atoms with van der Waals surface area (Å²) in [6.07, 6.45) is 3.56. The molecule has 0 bridgehead atoms. The first-order chi connectivity index (χ1) is 10.1. The van der Waals surface area contributed by atoms with Crippen molar-refractivity contribution in [2.75, 3.05) is 25.2 Å². The number of hydrogen-bond acceptors (Lipinski definition) is 3. The SMILES string of the molecule is CNC(c1ccc(C)cc1Br)C1CCOC2(CCSC2)C1. The first-order valence-electron chi connectivity index (χ1n) is 7.79. The third kappa shape index (κ3) is 3.34. The topological polar surface area (TPSA) is 21.3 Å². The molecule has 1 aromatic carbocycles. The molecule has 3 atom stereocenters. The predicted octanol–water partition coefficient (Wildman–Crippen LogP) is 4.32. The lowest BCUT2D eigenvalue weighted by atomic mass is 9.79. The highest BCUT2D eigenvalue weighted by atomic mass is 79.9. The molecule has 2 fully saturated rings. The smallest absolute Gasteiger partial charge is 0.0783 e. The zero-order chi connectivity index (χ0) is 14.9. The Kier molecular flexibility index (Phi) is 4.99. The highest BCUT2D eigenvalue weighted by molar-refractivity contribution is 9.10. The molecule has 2 heterocycles. The number of rotatable bonds is 3. The van der Waals surface area contributed by atoms with Gasteiger partial charge in [0.15, 0.2) is 0 Å². The second kappa shape index (κ2) is 6.61. The van der Waals surface area contributed by atoms with Gasteiger partial charge in [0.25, 0.3) is 0 Å². The van der Waals surface area contributed by atoms with Gasteiger partial charge in [0.1, 0.15) is 0 Å². The number of aryl methyl sites for hydroxylation is 1. The van der Waals surface area contributed by atoms with E-state index in [-0.39, 0.29) is 5.60 Å². The first-order valence-corrected chi connectivity index (χ1v) is 9.73. The number of halogens is 1. The molecule has 2 aliphatic heterocycles. The summed E-state index contributed by atoms with van der Waals surface area (Å²) in [7, 11) is 2.09. The summed E-state index contributed by atoms with van der Waals surface area (Å²) in [5.74, 6) is 3.08. The van der Waals surface area contributed by atoms with Crippen LogP contribution in [0.3, 0.4) is 0 Å². The van der Waals surface area contributed by atoms with E-state index in [2.05, 4.69) is 53.4 Å². The summed E-state index contributed by atoms with van der Waals surface area (Å²) in [5.41, 5.74) is 2.84. The molecule has 0 aliphatic carbocycles. The van der Waals surface area contributed by atoms with Crippen LogP contribution in [0.5, 0.6) is 0 Å². The highest BCUT2D eigenvalue weighted by Crippen LogP contribution is 2.44. The maximum absolute atomic E-state index is 6.18. The van der Waals surface area contributed by atoms with Crippen LogP contribution in [-0.2, 0) is 4.74 Å². The van der Waals surface area contributed by atoms with Crippen LogP contribution < -0.4 is 5.32 Å². The lowest BCUT2D eigenvalue weighted by Gasteiger charge is -2.41. The third-order valence-electron chi connectivity index (χ3n) is 4.87. The predicted molar refractivity (Wildman–Crippen MR) is 94.0 cm³/mol. The molecule has 0 radical (unpaired) electrons. The molecule has 0 aromatic heterocycles. The molecule has 21 heavy (non-hydrogen) atoms. The Hall–Kier alpha value is -0.0300. The standard InChI is InChI=1S/C17H24BrNOS/c1-12-3-4-14(15(18)9-12)16(19-2)13-5-7-20-17(10-13)6-8-21-11-17/h3-4,9,13,16,19H,5-8,10-11H2,1-2H3. The maximum Gasteiger partial charge on any atom is 0.0783 e. The van der Waals surface area contributed by atoms with E-state index in [1.165, 1.54) is 39.9 Å². The van der Waals surface area contributed by atoms with Crippen LogP contribution >= 0.6 is 27.7 Å². The van der Waals surface area contributed by atoms with Crippen LogP contribution in [0.1, 0.15) is 36.4 Å². The van der Waals surface area contributed by atoms with E-state index in [1.807, 2.05) is 11.8 Å². The fourth-order valence-electron chi connectivity index (χ4n) is 3.74. The number of hydrogen-bond donors (Lipinski definition) is 1. The minimum atomic E-state index is 0.153. The number of benzene rings is 1. The van der Waals surface area contributed by atoms with Crippen LogP contribution in [0, 0.1) is 12.8 Å². The fraction of sp³-hybridized carbons (Fsp3) is 0.647. The molecule has 0 saturated carbocycles. The summed E-state index contributed by atoms with van der Waals surface area (Å²) in [6.45, 7) is 3.05. The van der Waals surface area contributed by atoms with Gasteiger partial charge in [-0.1, -0.05) is 28.1 Å². The second-order valence-corrected chi connectivity index (χ2v) is 8.34. The Morgan fingerprint density at radius 1 is 1.48 bits per heavy atom. The fourth-order valence-corrected chi connectivity index (χ4v) is 5.86. The van der Waals surface area contributed by atoms with Gasteiger partial charge in [-0.25, -0.2) is 0 Å². The Labute approximate surface area is 140 Å². The number of thioether (sulfide) groups is 1. The molecule has 116 valence electrons. The van der Waals surface area contributed by atoms with Gasteiger partial charge in [0, 0.05) is 22.9 Å². The molecule has 1 N–H and O–H groups in total. The zero-order valence-electron chi connectivity index (χ0n) is 12.8. The lowest BCUT2D eigenvalue weighted by Crippen LogP contribution is -2.43. The summed E-state index contributed by atoms with van der Waals surface area (Å²) >= 11 is 5.80. The van der Waals surface area contributed by atoms with E-state index < -0.39 is 0 Å². The third-order valence-corrected chi connectivity index (χ3v) is 6.78. The molecule has 2 aliphatic rings. The number of ether oxygens (including phenoxy) is 1. The molecule has 3 rings (SSSR count). The van der Waals surface area contributed by atoms with Gasteiger partial charge in [-0.2, -0.15) is 11.8 Å². The normalized spacial score (nSPS) is 30.7. The van der Waals surface area contributed by atoms with Crippen LogP contribution in [0.2, 0.25) is 0 Å². The zero-order valence-corrected chi connectivity index (χ0v) is 15.2. The van der Waals surface area contributed by atoms with Crippen LogP contribution in [0.4, 0.5) is 0 Å². The average molecular weight is 370 g/mol. The van der Waals surface area contributed by atoms with Crippen molar-refractivity contribution in [1.82, 2.24) is 5.32 Å².